The van der Waals surface area contributed by atoms with Gasteiger partial charge in [-0.15, -0.1) is 13.2 Å². The van der Waals surface area contributed by atoms with Gasteiger partial charge in [0.2, 0.25) is 0 Å². The number of alkyl halides is 3. The largest absolute Gasteiger partial charge is 0.573 e. The van der Waals surface area contributed by atoms with Gasteiger partial charge in [-0.05, 0) is 61.4 Å². The zero-order valence-corrected chi connectivity index (χ0v) is 16.5. The van der Waals surface area contributed by atoms with E-state index in [1.807, 2.05) is 12.1 Å². The van der Waals surface area contributed by atoms with Crippen molar-refractivity contribution in [1.29, 1.82) is 0 Å². The van der Waals surface area contributed by atoms with Gasteiger partial charge in [0.25, 0.3) is 5.91 Å². The van der Waals surface area contributed by atoms with Gasteiger partial charge in [-0.2, -0.15) is 0 Å². The Balaban J connectivity index is 1.50. The van der Waals surface area contributed by atoms with E-state index in [1.165, 1.54) is 18.2 Å². The molecule has 3 rings (SSSR count). The third-order valence-electron chi connectivity index (χ3n) is 5.31. The SMILES string of the molecule is O=C(NC[C@@H]1CCCC[C@H]1CCOc1cccnc1)c1cccc(OC(F)(F)F)c1. The number of ether oxygens (including phenoxy) is 2. The van der Waals surface area contributed by atoms with Crippen LogP contribution in [0.5, 0.6) is 11.5 Å². The minimum absolute atomic E-state index is 0.143. The molecule has 0 unspecified atom stereocenters. The summed E-state index contributed by atoms with van der Waals surface area (Å²) in [5.74, 6) is 0.668. The van der Waals surface area contributed by atoms with Crippen molar-refractivity contribution in [2.24, 2.45) is 11.8 Å². The second-order valence-corrected chi connectivity index (χ2v) is 7.42. The number of pyridine rings is 1. The molecule has 8 heteroatoms. The van der Waals surface area contributed by atoms with E-state index in [-0.39, 0.29) is 5.56 Å². The number of nitrogens with one attached hydrogen (secondary N) is 1. The lowest BCUT2D eigenvalue weighted by molar-refractivity contribution is -0.274. The fourth-order valence-corrected chi connectivity index (χ4v) is 3.85. The summed E-state index contributed by atoms with van der Waals surface area (Å²) in [6.07, 6.45) is 3.80. The predicted octanol–water partition coefficient (Wildman–Crippen LogP) is 4.99. The lowest BCUT2D eigenvalue weighted by atomic mass is 9.77. The van der Waals surface area contributed by atoms with Crippen LogP contribution >= 0.6 is 0 Å². The second kappa shape index (κ2) is 10.3. The normalized spacial score (nSPS) is 19.2. The van der Waals surface area contributed by atoms with Crippen molar-refractivity contribution < 1.29 is 27.4 Å². The van der Waals surface area contributed by atoms with Gasteiger partial charge in [-0.25, -0.2) is 0 Å². The van der Waals surface area contributed by atoms with Gasteiger partial charge in [-0.1, -0.05) is 18.9 Å². The molecule has 2 aromatic rings. The molecule has 1 aliphatic carbocycles. The van der Waals surface area contributed by atoms with E-state index >= 15 is 0 Å². The van der Waals surface area contributed by atoms with Gasteiger partial charge in [0, 0.05) is 18.3 Å². The molecule has 0 aliphatic heterocycles. The van der Waals surface area contributed by atoms with Crippen LogP contribution in [0.15, 0.2) is 48.8 Å². The number of hydrogen-bond donors (Lipinski definition) is 1. The molecular weight excluding hydrogens is 397 g/mol. The average Bonchev–Trinajstić information content (AvgIpc) is 2.72. The van der Waals surface area contributed by atoms with E-state index in [4.69, 9.17) is 4.74 Å². The lowest BCUT2D eigenvalue weighted by Crippen LogP contribution is -2.34. The summed E-state index contributed by atoms with van der Waals surface area (Å²) in [5.41, 5.74) is 0.143. The number of amides is 1. The minimum atomic E-state index is -4.79. The van der Waals surface area contributed by atoms with Crippen LogP contribution in [-0.2, 0) is 0 Å². The topological polar surface area (TPSA) is 60.5 Å². The van der Waals surface area contributed by atoms with Crippen LogP contribution in [0, 0.1) is 11.8 Å². The standard InChI is InChI=1S/C22H25F3N2O3/c23-22(24,25)30-19-8-3-7-17(13-19)21(28)27-14-18-6-2-1-5-16(18)10-12-29-20-9-4-11-26-15-20/h3-4,7-9,11,13,15-16,18H,1-2,5-6,10,12,14H2,(H,27,28)/t16-,18-/m0/s1. The van der Waals surface area contributed by atoms with Crippen molar-refractivity contribution >= 4 is 5.91 Å². The van der Waals surface area contributed by atoms with E-state index in [1.54, 1.807) is 12.4 Å². The van der Waals surface area contributed by atoms with Crippen LogP contribution in [0.4, 0.5) is 13.2 Å². The quantitative estimate of drug-likeness (QED) is 0.651. The van der Waals surface area contributed by atoms with Gasteiger partial charge in [0.05, 0.1) is 12.8 Å². The molecule has 1 aromatic heterocycles. The molecule has 162 valence electrons. The van der Waals surface area contributed by atoms with Gasteiger partial charge in [0.1, 0.15) is 11.5 Å². The Morgan fingerprint density at radius 2 is 1.87 bits per heavy atom. The molecule has 1 fully saturated rings. The van der Waals surface area contributed by atoms with E-state index < -0.39 is 18.0 Å². The number of carbonyl (C=O) groups is 1. The third kappa shape index (κ3) is 6.93. The molecule has 30 heavy (non-hydrogen) atoms. The van der Waals surface area contributed by atoms with Crippen LogP contribution in [-0.4, -0.2) is 30.4 Å². The van der Waals surface area contributed by atoms with E-state index in [0.29, 0.717) is 25.0 Å². The number of benzene rings is 1. The molecule has 0 saturated heterocycles. The zero-order valence-electron chi connectivity index (χ0n) is 16.5. The van der Waals surface area contributed by atoms with Crippen molar-refractivity contribution in [2.75, 3.05) is 13.2 Å². The highest BCUT2D eigenvalue weighted by molar-refractivity contribution is 5.94. The molecule has 2 atom stereocenters. The first-order chi connectivity index (χ1) is 14.4. The Morgan fingerprint density at radius 3 is 2.60 bits per heavy atom. The summed E-state index contributed by atoms with van der Waals surface area (Å²) < 4.78 is 46.8. The number of hydrogen-bond acceptors (Lipinski definition) is 4. The fraction of sp³-hybridized carbons (Fsp3) is 0.455. The maximum absolute atomic E-state index is 12.4. The molecule has 5 nitrogen and oxygen atoms in total. The Morgan fingerprint density at radius 1 is 1.10 bits per heavy atom. The van der Waals surface area contributed by atoms with Gasteiger partial charge < -0.3 is 14.8 Å². The first-order valence-electron chi connectivity index (χ1n) is 10.1. The van der Waals surface area contributed by atoms with Gasteiger partial charge in [-0.3, -0.25) is 9.78 Å². The van der Waals surface area contributed by atoms with Gasteiger partial charge in [0.15, 0.2) is 0 Å². The Kier molecular flexibility index (Phi) is 7.54. The Hall–Kier alpha value is -2.77. The Labute approximate surface area is 173 Å². The highest BCUT2D eigenvalue weighted by Gasteiger charge is 2.31. The van der Waals surface area contributed by atoms with E-state index in [0.717, 1.165) is 43.9 Å². The molecular formula is C22H25F3N2O3. The average molecular weight is 422 g/mol. The highest BCUT2D eigenvalue weighted by atomic mass is 19.4. The molecule has 1 heterocycles. The third-order valence-corrected chi connectivity index (χ3v) is 5.31. The highest BCUT2D eigenvalue weighted by Crippen LogP contribution is 2.32. The first-order valence-corrected chi connectivity index (χ1v) is 10.1. The van der Waals surface area contributed by atoms with E-state index in [9.17, 15) is 18.0 Å². The molecule has 1 amide bonds. The van der Waals surface area contributed by atoms with Crippen molar-refractivity contribution in [2.45, 2.75) is 38.5 Å². The molecule has 1 aliphatic rings. The summed E-state index contributed by atoms with van der Waals surface area (Å²) >= 11 is 0. The summed E-state index contributed by atoms with van der Waals surface area (Å²) in [4.78, 5) is 16.5. The number of carbonyl (C=O) groups excluding carboxylic acids is 1. The van der Waals surface area contributed by atoms with Crippen LogP contribution in [0.25, 0.3) is 0 Å². The van der Waals surface area contributed by atoms with Gasteiger partial charge >= 0.3 is 6.36 Å². The summed E-state index contributed by atoms with van der Waals surface area (Å²) in [6, 6.07) is 8.80. The smallest absolute Gasteiger partial charge is 0.492 e. The Bertz CT molecular complexity index is 815. The molecule has 0 bridgehead atoms. The lowest BCUT2D eigenvalue weighted by Gasteiger charge is -2.31. The monoisotopic (exact) mass is 422 g/mol. The van der Waals surface area contributed by atoms with Crippen LogP contribution in [0.3, 0.4) is 0 Å². The van der Waals surface area contributed by atoms with Crippen LogP contribution < -0.4 is 14.8 Å². The first kappa shape index (κ1) is 21.9. The zero-order chi connectivity index (χ0) is 21.4. The molecule has 0 spiro atoms. The van der Waals surface area contributed by atoms with Crippen molar-refractivity contribution in [3.63, 3.8) is 0 Å². The summed E-state index contributed by atoms with van der Waals surface area (Å²) in [6.45, 7) is 1.07. The number of nitrogens with zero attached hydrogens (tertiary/aromatic N) is 1. The number of rotatable bonds is 8. The second-order valence-electron chi connectivity index (χ2n) is 7.42. The van der Waals surface area contributed by atoms with Crippen LogP contribution in [0.2, 0.25) is 0 Å². The van der Waals surface area contributed by atoms with Crippen molar-refractivity contribution in [3.05, 3.63) is 54.4 Å². The predicted molar refractivity (Wildman–Crippen MR) is 105 cm³/mol. The molecule has 0 radical (unpaired) electrons. The number of aromatic nitrogens is 1. The summed E-state index contributed by atoms with van der Waals surface area (Å²) in [5, 5.41) is 2.87. The fourth-order valence-electron chi connectivity index (χ4n) is 3.85. The van der Waals surface area contributed by atoms with Crippen molar-refractivity contribution in [3.8, 4) is 11.5 Å². The molecule has 1 aromatic carbocycles. The minimum Gasteiger partial charge on any atom is -0.492 e. The molecule has 1 saturated carbocycles. The summed E-state index contributed by atoms with van der Waals surface area (Å²) in [7, 11) is 0. The number of halogens is 3. The van der Waals surface area contributed by atoms with E-state index in [2.05, 4.69) is 15.0 Å². The maximum atomic E-state index is 12.4. The van der Waals surface area contributed by atoms with Crippen LogP contribution in [0.1, 0.15) is 42.5 Å². The molecule has 1 N–H and O–H groups in total. The maximum Gasteiger partial charge on any atom is 0.573 e. The van der Waals surface area contributed by atoms with Crippen molar-refractivity contribution in [1.82, 2.24) is 10.3 Å².